The second-order valence-electron chi connectivity index (χ2n) is 9.30. The Bertz CT molecular complexity index is 1610. The molecule has 0 aliphatic heterocycles. The van der Waals surface area contributed by atoms with Crippen LogP contribution in [0.4, 0.5) is 5.69 Å². The molecule has 0 aliphatic rings. The van der Waals surface area contributed by atoms with Crippen LogP contribution < -0.4 is 24.3 Å². The summed E-state index contributed by atoms with van der Waals surface area (Å²) in [6.07, 6.45) is 1.52. The molecule has 0 bridgehead atoms. The van der Waals surface area contributed by atoms with Crippen LogP contribution in [0.25, 0.3) is 6.08 Å². The van der Waals surface area contributed by atoms with Crippen LogP contribution in [0, 0.1) is 18.3 Å². The van der Waals surface area contributed by atoms with Gasteiger partial charge in [0.15, 0.2) is 23.0 Å². The highest BCUT2D eigenvalue weighted by Crippen LogP contribution is 2.38. The Kier molecular flexibility index (Phi) is 10.6. The number of methoxy groups -OCH3 is 1. The molecule has 214 valence electrons. The lowest BCUT2D eigenvalue weighted by atomic mass is 10.1. The van der Waals surface area contributed by atoms with Gasteiger partial charge < -0.3 is 24.3 Å². The van der Waals surface area contributed by atoms with Crippen LogP contribution in [0.15, 0.2) is 95.0 Å². The van der Waals surface area contributed by atoms with Crippen LogP contribution in [-0.2, 0) is 18.0 Å². The Hall–Kier alpha value is -4.74. The SMILES string of the molecule is CCOc1cc(/C=C(\C#N)C(=O)Nc2cccc(C)c2)cc(Br)c1OCc1ccc(OCc2ccccc2)c(OC)c1. The minimum Gasteiger partial charge on any atom is -0.493 e. The number of benzene rings is 4. The standard InChI is InChI=1S/C34H31BrN2O5/c1-4-40-32-19-26(16-27(20-36)34(38)37-28-12-8-9-23(2)15-28)17-29(35)33(32)42-22-25-13-14-30(31(18-25)39-3)41-21-24-10-6-5-7-11-24/h5-19H,4,21-22H2,1-3H3,(H,37,38)/b27-16+. The smallest absolute Gasteiger partial charge is 0.266 e. The molecule has 1 amide bonds. The summed E-state index contributed by atoms with van der Waals surface area (Å²) in [7, 11) is 1.60. The Morgan fingerprint density at radius 2 is 1.67 bits per heavy atom. The maximum atomic E-state index is 12.8. The van der Waals surface area contributed by atoms with Gasteiger partial charge in [-0.1, -0.05) is 48.5 Å². The number of anilines is 1. The number of aryl methyl sites for hydroxylation is 1. The predicted octanol–water partition coefficient (Wildman–Crippen LogP) is 7.87. The molecule has 0 aromatic heterocycles. The van der Waals surface area contributed by atoms with Crippen LogP contribution in [0.2, 0.25) is 0 Å². The maximum Gasteiger partial charge on any atom is 0.266 e. The molecule has 0 aliphatic carbocycles. The third-order valence-electron chi connectivity index (χ3n) is 6.13. The molecule has 4 aromatic carbocycles. The highest BCUT2D eigenvalue weighted by molar-refractivity contribution is 9.10. The van der Waals surface area contributed by atoms with E-state index in [9.17, 15) is 10.1 Å². The highest BCUT2D eigenvalue weighted by atomic mass is 79.9. The Morgan fingerprint density at radius 3 is 2.38 bits per heavy atom. The zero-order valence-electron chi connectivity index (χ0n) is 23.6. The molecule has 0 spiro atoms. The van der Waals surface area contributed by atoms with Crippen molar-refractivity contribution in [1.29, 1.82) is 5.26 Å². The molecular weight excluding hydrogens is 596 g/mol. The minimum absolute atomic E-state index is 0.0406. The average molecular weight is 628 g/mol. The van der Waals surface area contributed by atoms with Gasteiger partial charge in [-0.15, -0.1) is 0 Å². The summed E-state index contributed by atoms with van der Waals surface area (Å²) in [5.74, 6) is 1.72. The third-order valence-corrected chi connectivity index (χ3v) is 6.72. The van der Waals surface area contributed by atoms with E-state index in [-0.39, 0.29) is 12.2 Å². The second kappa shape index (κ2) is 14.8. The van der Waals surface area contributed by atoms with Crippen LogP contribution >= 0.6 is 15.9 Å². The van der Waals surface area contributed by atoms with Crippen molar-refractivity contribution in [2.24, 2.45) is 0 Å². The number of amides is 1. The Labute approximate surface area is 254 Å². The summed E-state index contributed by atoms with van der Waals surface area (Å²) in [6.45, 7) is 4.87. The molecular formula is C34H31BrN2O5. The summed E-state index contributed by atoms with van der Waals surface area (Å²) >= 11 is 3.57. The van der Waals surface area contributed by atoms with Crippen molar-refractivity contribution >= 4 is 33.6 Å². The van der Waals surface area contributed by atoms with Crippen molar-refractivity contribution < 1.29 is 23.7 Å². The summed E-state index contributed by atoms with van der Waals surface area (Å²) in [5, 5.41) is 12.5. The minimum atomic E-state index is -0.498. The van der Waals surface area contributed by atoms with Gasteiger partial charge >= 0.3 is 0 Å². The molecule has 1 N–H and O–H groups in total. The van der Waals surface area contributed by atoms with Crippen LogP contribution in [0.3, 0.4) is 0 Å². The molecule has 0 saturated heterocycles. The quantitative estimate of drug-likeness (QED) is 0.127. The van der Waals surface area contributed by atoms with E-state index >= 15 is 0 Å². The fourth-order valence-corrected chi connectivity index (χ4v) is 4.70. The molecule has 4 aromatic rings. The fraction of sp³-hybridized carbons (Fsp3) is 0.176. The third kappa shape index (κ3) is 8.15. The van der Waals surface area contributed by atoms with Gasteiger partial charge in [0.1, 0.15) is 24.9 Å². The van der Waals surface area contributed by atoms with Crippen molar-refractivity contribution in [3.05, 3.63) is 117 Å². The predicted molar refractivity (Wildman–Crippen MR) is 167 cm³/mol. The summed E-state index contributed by atoms with van der Waals surface area (Å²) in [5.41, 5.74) is 4.12. The van der Waals surface area contributed by atoms with E-state index in [1.165, 1.54) is 6.08 Å². The van der Waals surface area contributed by atoms with Gasteiger partial charge in [0.05, 0.1) is 18.2 Å². The number of nitriles is 1. The van der Waals surface area contributed by atoms with Crippen molar-refractivity contribution in [2.45, 2.75) is 27.1 Å². The number of rotatable bonds is 12. The van der Waals surface area contributed by atoms with Crippen molar-refractivity contribution in [2.75, 3.05) is 19.0 Å². The van der Waals surface area contributed by atoms with Gasteiger partial charge in [-0.2, -0.15) is 5.26 Å². The van der Waals surface area contributed by atoms with Gasteiger partial charge in [0.2, 0.25) is 0 Å². The molecule has 7 nitrogen and oxygen atoms in total. The normalized spacial score (nSPS) is 10.9. The lowest BCUT2D eigenvalue weighted by Gasteiger charge is -2.16. The fourth-order valence-electron chi connectivity index (χ4n) is 4.12. The first-order valence-corrected chi connectivity index (χ1v) is 14.1. The van der Waals surface area contributed by atoms with Gasteiger partial charge in [0, 0.05) is 5.69 Å². The molecule has 42 heavy (non-hydrogen) atoms. The highest BCUT2D eigenvalue weighted by Gasteiger charge is 2.16. The lowest BCUT2D eigenvalue weighted by Crippen LogP contribution is -2.13. The van der Waals surface area contributed by atoms with E-state index in [1.54, 1.807) is 25.3 Å². The molecule has 0 atom stereocenters. The number of hydrogen-bond donors (Lipinski definition) is 1. The van der Waals surface area contributed by atoms with E-state index in [1.807, 2.05) is 86.6 Å². The largest absolute Gasteiger partial charge is 0.493 e. The van der Waals surface area contributed by atoms with Gasteiger partial charge in [-0.3, -0.25) is 4.79 Å². The van der Waals surface area contributed by atoms with Gasteiger partial charge in [-0.25, -0.2) is 0 Å². The van der Waals surface area contributed by atoms with Crippen LogP contribution in [0.1, 0.15) is 29.2 Å². The van der Waals surface area contributed by atoms with Crippen molar-refractivity contribution in [3.63, 3.8) is 0 Å². The van der Waals surface area contributed by atoms with Crippen molar-refractivity contribution in [1.82, 2.24) is 0 Å². The van der Waals surface area contributed by atoms with Crippen molar-refractivity contribution in [3.8, 4) is 29.1 Å². The lowest BCUT2D eigenvalue weighted by molar-refractivity contribution is -0.112. The number of carbonyl (C=O) groups is 1. The monoisotopic (exact) mass is 626 g/mol. The zero-order valence-corrected chi connectivity index (χ0v) is 25.2. The first kappa shape index (κ1) is 30.2. The second-order valence-corrected chi connectivity index (χ2v) is 10.2. The molecule has 0 fully saturated rings. The number of carbonyl (C=O) groups excluding carboxylic acids is 1. The van der Waals surface area contributed by atoms with E-state index in [4.69, 9.17) is 18.9 Å². The number of nitrogens with zero attached hydrogens (tertiary/aromatic N) is 1. The summed E-state index contributed by atoms with van der Waals surface area (Å²) in [4.78, 5) is 12.8. The number of hydrogen-bond acceptors (Lipinski definition) is 6. The molecule has 0 saturated carbocycles. The topological polar surface area (TPSA) is 89.8 Å². The zero-order chi connectivity index (χ0) is 29.9. The number of nitrogens with one attached hydrogen (secondary N) is 1. The van der Waals surface area contributed by atoms with Crippen LogP contribution in [0.5, 0.6) is 23.0 Å². The Morgan fingerprint density at radius 1 is 0.881 bits per heavy atom. The van der Waals surface area contributed by atoms with E-state index < -0.39 is 5.91 Å². The summed E-state index contributed by atoms with van der Waals surface area (Å²) < 4.78 is 24.2. The molecule has 0 heterocycles. The van der Waals surface area contributed by atoms with Gasteiger partial charge in [0.25, 0.3) is 5.91 Å². The number of ether oxygens (including phenoxy) is 4. The van der Waals surface area contributed by atoms with E-state index in [0.29, 0.717) is 51.9 Å². The maximum absolute atomic E-state index is 12.8. The first-order valence-electron chi connectivity index (χ1n) is 13.3. The first-order chi connectivity index (χ1) is 20.4. The summed E-state index contributed by atoms with van der Waals surface area (Å²) in [6, 6.07) is 28.5. The average Bonchev–Trinajstić information content (AvgIpc) is 2.99. The number of halogens is 1. The molecule has 0 radical (unpaired) electrons. The Balaban J connectivity index is 1.49. The van der Waals surface area contributed by atoms with E-state index in [2.05, 4.69) is 21.2 Å². The molecule has 8 heteroatoms. The van der Waals surface area contributed by atoms with Gasteiger partial charge in [-0.05, 0) is 94.5 Å². The molecule has 0 unspecified atom stereocenters. The molecule has 4 rings (SSSR count). The van der Waals surface area contributed by atoms with Crippen LogP contribution in [-0.4, -0.2) is 19.6 Å². The van der Waals surface area contributed by atoms with E-state index in [0.717, 1.165) is 16.7 Å².